The first kappa shape index (κ1) is 17.7. The molecule has 6 heteroatoms. The Balaban J connectivity index is 1.75. The van der Waals surface area contributed by atoms with E-state index in [1.807, 2.05) is 46.8 Å². The fourth-order valence-electron chi connectivity index (χ4n) is 4.07. The fourth-order valence-corrected chi connectivity index (χ4v) is 4.07. The highest BCUT2D eigenvalue weighted by molar-refractivity contribution is 5.68. The van der Waals surface area contributed by atoms with Crippen molar-refractivity contribution >= 4 is 6.09 Å². The third-order valence-electron chi connectivity index (χ3n) is 4.97. The molecule has 2 aliphatic carbocycles. The highest BCUT2D eigenvalue weighted by atomic mass is 16.8. The quantitative estimate of drug-likeness (QED) is 0.756. The summed E-state index contributed by atoms with van der Waals surface area (Å²) in [5.41, 5.74) is -1.38. The Bertz CT molecular complexity index is 528. The number of hydrogen-bond acceptors (Lipinski definition) is 5. The van der Waals surface area contributed by atoms with Crippen LogP contribution in [0.2, 0.25) is 0 Å². The molecular formula is C18H29NO5. The fraction of sp³-hybridized carbons (Fsp3) is 0.833. The van der Waals surface area contributed by atoms with Crippen LogP contribution in [-0.2, 0) is 14.2 Å². The van der Waals surface area contributed by atoms with Crippen molar-refractivity contribution in [2.24, 2.45) is 5.92 Å². The van der Waals surface area contributed by atoms with Gasteiger partial charge in [0, 0.05) is 5.92 Å². The Kier molecular flexibility index (Phi) is 4.21. The van der Waals surface area contributed by atoms with Crippen molar-refractivity contribution in [3.8, 4) is 0 Å². The summed E-state index contributed by atoms with van der Waals surface area (Å²) in [5.74, 6) is -0.802. The Hall–Kier alpha value is -1.11. The van der Waals surface area contributed by atoms with Crippen molar-refractivity contribution in [2.75, 3.05) is 0 Å². The van der Waals surface area contributed by atoms with Gasteiger partial charge in [0.15, 0.2) is 5.79 Å². The smallest absolute Gasteiger partial charge is 0.407 e. The van der Waals surface area contributed by atoms with Gasteiger partial charge in [-0.1, -0.05) is 12.2 Å². The standard InChI is InChI=1S/C18H29NO5/c1-16(2,3)24-15(20)19-12-10-11(18(21)8-6-7-9-18)13-14(12)23-17(4,5)22-13/h6-7,11-14,21H,8-10H2,1-5H3,(H,19,20)/t11-,12+,13+,14-/m0/s1. The van der Waals surface area contributed by atoms with Gasteiger partial charge in [-0.3, -0.25) is 0 Å². The van der Waals surface area contributed by atoms with Crippen LogP contribution in [0.25, 0.3) is 0 Å². The largest absolute Gasteiger partial charge is 0.444 e. The highest BCUT2D eigenvalue weighted by Crippen LogP contribution is 2.48. The summed E-state index contributed by atoms with van der Waals surface area (Å²) in [6, 6.07) is -0.235. The van der Waals surface area contributed by atoms with Gasteiger partial charge in [-0.05, 0) is 53.9 Å². The Morgan fingerprint density at radius 3 is 2.38 bits per heavy atom. The zero-order chi connectivity index (χ0) is 17.8. The van der Waals surface area contributed by atoms with E-state index in [0.29, 0.717) is 19.3 Å². The third-order valence-corrected chi connectivity index (χ3v) is 4.97. The average Bonchev–Trinajstić information content (AvgIpc) is 3.03. The normalized spacial score (nSPS) is 36.6. The molecule has 0 aromatic heterocycles. The zero-order valence-corrected chi connectivity index (χ0v) is 15.2. The van der Waals surface area contributed by atoms with Crippen LogP contribution in [-0.4, -0.2) is 46.4 Å². The van der Waals surface area contributed by atoms with Gasteiger partial charge in [-0.15, -0.1) is 0 Å². The van der Waals surface area contributed by atoms with E-state index in [1.54, 1.807) is 0 Å². The van der Waals surface area contributed by atoms with Gasteiger partial charge in [-0.2, -0.15) is 0 Å². The van der Waals surface area contributed by atoms with Gasteiger partial charge in [0.05, 0.1) is 17.7 Å². The monoisotopic (exact) mass is 339 g/mol. The molecule has 4 atom stereocenters. The summed E-state index contributed by atoms with van der Waals surface area (Å²) in [6.07, 6.45) is 4.88. The molecule has 24 heavy (non-hydrogen) atoms. The molecule has 2 fully saturated rings. The van der Waals surface area contributed by atoms with E-state index in [4.69, 9.17) is 14.2 Å². The van der Waals surface area contributed by atoms with E-state index in [0.717, 1.165) is 0 Å². The minimum Gasteiger partial charge on any atom is -0.444 e. The third kappa shape index (κ3) is 3.46. The topological polar surface area (TPSA) is 77.0 Å². The molecule has 0 aromatic rings. The molecular weight excluding hydrogens is 310 g/mol. The van der Waals surface area contributed by atoms with E-state index in [2.05, 4.69) is 5.32 Å². The maximum absolute atomic E-state index is 12.2. The number of fused-ring (bicyclic) bond motifs is 1. The number of hydrogen-bond donors (Lipinski definition) is 2. The number of alkyl carbamates (subject to hydrolysis) is 1. The molecule has 6 nitrogen and oxygen atoms in total. The zero-order valence-electron chi connectivity index (χ0n) is 15.2. The number of ether oxygens (including phenoxy) is 3. The Morgan fingerprint density at radius 1 is 1.21 bits per heavy atom. The van der Waals surface area contributed by atoms with E-state index >= 15 is 0 Å². The lowest BCUT2D eigenvalue weighted by Crippen LogP contribution is -2.45. The van der Waals surface area contributed by atoms with Crippen LogP contribution in [0.15, 0.2) is 12.2 Å². The molecule has 2 N–H and O–H groups in total. The Labute approximate surface area is 143 Å². The number of amides is 1. The van der Waals surface area contributed by atoms with Gasteiger partial charge in [0.2, 0.25) is 0 Å². The van der Waals surface area contributed by atoms with E-state index < -0.39 is 23.1 Å². The van der Waals surface area contributed by atoms with Crippen molar-refractivity contribution in [1.29, 1.82) is 0 Å². The number of carbonyl (C=O) groups is 1. The van der Waals surface area contributed by atoms with Crippen LogP contribution in [0.4, 0.5) is 4.79 Å². The second-order valence-corrected chi connectivity index (χ2v) is 8.64. The van der Waals surface area contributed by atoms with Crippen LogP contribution < -0.4 is 5.32 Å². The van der Waals surface area contributed by atoms with Crippen molar-refractivity contribution in [1.82, 2.24) is 5.32 Å². The molecule has 0 aromatic carbocycles. The summed E-state index contributed by atoms with van der Waals surface area (Å²) in [4.78, 5) is 12.2. The van der Waals surface area contributed by atoms with Gasteiger partial charge in [0.1, 0.15) is 11.7 Å². The van der Waals surface area contributed by atoms with E-state index in [1.165, 1.54) is 0 Å². The molecule has 1 heterocycles. The highest BCUT2D eigenvalue weighted by Gasteiger charge is 2.59. The molecule has 1 saturated carbocycles. The van der Waals surface area contributed by atoms with Gasteiger partial charge < -0.3 is 24.6 Å². The maximum Gasteiger partial charge on any atom is 0.407 e. The predicted molar refractivity (Wildman–Crippen MR) is 88.4 cm³/mol. The maximum atomic E-state index is 12.2. The first-order valence-corrected chi connectivity index (χ1v) is 8.72. The van der Waals surface area contributed by atoms with Crippen LogP contribution >= 0.6 is 0 Å². The van der Waals surface area contributed by atoms with E-state index in [-0.39, 0.29) is 24.2 Å². The summed E-state index contributed by atoms with van der Waals surface area (Å²) in [6.45, 7) is 9.22. The van der Waals surface area contributed by atoms with Crippen LogP contribution in [0.3, 0.4) is 0 Å². The number of aliphatic hydroxyl groups is 1. The van der Waals surface area contributed by atoms with Gasteiger partial charge in [0.25, 0.3) is 0 Å². The van der Waals surface area contributed by atoms with Crippen molar-refractivity contribution < 1.29 is 24.1 Å². The molecule has 1 aliphatic heterocycles. The van der Waals surface area contributed by atoms with Crippen molar-refractivity contribution in [2.45, 2.75) is 89.1 Å². The second-order valence-electron chi connectivity index (χ2n) is 8.64. The number of carbonyl (C=O) groups excluding carboxylic acids is 1. The van der Waals surface area contributed by atoms with Crippen LogP contribution in [0.1, 0.15) is 53.9 Å². The lowest BCUT2D eigenvalue weighted by molar-refractivity contribution is -0.170. The lowest BCUT2D eigenvalue weighted by Gasteiger charge is -2.33. The molecule has 136 valence electrons. The van der Waals surface area contributed by atoms with Crippen LogP contribution in [0, 0.1) is 5.92 Å². The second kappa shape index (κ2) is 5.71. The number of nitrogens with one attached hydrogen (secondary N) is 1. The molecule has 0 spiro atoms. The van der Waals surface area contributed by atoms with Crippen molar-refractivity contribution in [3.05, 3.63) is 12.2 Å². The molecule has 0 bridgehead atoms. The molecule has 1 saturated heterocycles. The molecule has 0 radical (unpaired) electrons. The Morgan fingerprint density at radius 2 is 1.79 bits per heavy atom. The summed E-state index contributed by atoms with van der Waals surface area (Å²) >= 11 is 0. The summed E-state index contributed by atoms with van der Waals surface area (Å²) in [5, 5.41) is 13.9. The lowest BCUT2D eigenvalue weighted by atomic mass is 9.82. The summed E-state index contributed by atoms with van der Waals surface area (Å²) in [7, 11) is 0. The van der Waals surface area contributed by atoms with Gasteiger partial charge in [-0.25, -0.2) is 4.79 Å². The molecule has 1 amide bonds. The van der Waals surface area contributed by atoms with Crippen LogP contribution in [0.5, 0.6) is 0 Å². The SMILES string of the molecule is CC(C)(C)OC(=O)N[C@@H]1C[C@H](C2(O)CC=CC2)[C@H]2OC(C)(C)O[C@H]21. The van der Waals surface area contributed by atoms with Crippen molar-refractivity contribution in [3.63, 3.8) is 0 Å². The molecule has 3 rings (SSSR count). The summed E-state index contributed by atoms with van der Waals surface area (Å²) < 4.78 is 17.5. The number of rotatable bonds is 2. The van der Waals surface area contributed by atoms with Gasteiger partial charge >= 0.3 is 6.09 Å². The predicted octanol–water partition coefficient (Wildman–Crippen LogP) is 2.50. The first-order valence-electron chi connectivity index (χ1n) is 8.72. The average molecular weight is 339 g/mol. The molecule has 0 unspecified atom stereocenters. The minimum absolute atomic E-state index is 0.0841. The minimum atomic E-state index is -0.822. The van der Waals surface area contributed by atoms with E-state index in [9.17, 15) is 9.90 Å². The molecule has 3 aliphatic rings. The first-order chi connectivity index (χ1) is 11.0.